The van der Waals surface area contributed by atoms with Crippen LogP contribution >= 0.6 is 0 Å². The van der Waals surface area contributed by atoms with Crippen molar-refractivity contribution < 1.29 is 0 Å². The van der Waals surface area contributed by atoms with E-state index in [4.69, 9.17) is 0 Å². The molecular weight excluding hydrogens is 218 g/mol. The molecule has 0 saturated carbocycles. The lowest BCUT2D eigenvalue weighted by Gasteiger charge is -2.20. The van der Waals surface area contributed by atoms with Gasteiger partial charge in [-0.15, -0.1) is 0 Å². The minimum absolute atomic E-state index is 0.393. The summed E-state index contributed by atoms with van der Waals surface area (Å²) < 4.78 is 0. The fraction of sp³-hybridized carbons (Fsp3) is 0.294. The topological polar surface area (TPSA) is 12.0 Å². The van der Waals surface area contributed by atoms with Gasteiger partial charge in [0.25, 0.3) is 0 Å². The van der Waals surface area contributed by atoms with Gasteiger partial charge in [0.2, 0.25) is 0 Å². The second-order valence-electron chi connectivity index (χ2n) is 4.89. The van der Waals surface area contributed by atoms with Crippen molar-refractivity contribution in [1.29, 1.82) is 0 Å². The van der Waals surface area contributed by atoms with Crippen LogP contribution < -0.4 is 5.32 Å². The third-order valence-electron chi connectivity index (χ3n) is 3.22. The number of nitrogens with one attached hydrogen (secondary N) is 1. The van der Waals surface area contributed by atoms with Gasteiger partial charge in [-0.25, -0.2) is 0 Å². The van der Waals surface area contributed by atoms with E-state index in [0.717, 1.165) is 6.42 Å². The molecule has 0 spiro atoms. The summed E-state index contributed by atoms with van der Waals surface area (Å²) in [5, 5.41) is 3.64. The van der Waals surface area contributed by atoms with Gasteiger partial charge in [0.1, 0.15) is 0 Å². The van der Waals surface area contributed by atoms with E-state index in [1.54, 1.807) is 0 Å². The SMILES string of the molecule is C[C@H](N[C@@H](C)Cc1ccccc1)c1ccccc1. The maximum absolute atomic E-state index is 3.64. The Morgan fingerprint density at radius 2 is 1.39 bits per heavy atom. The molecule has 2 aromatic carbocycles. The molecule has 0 heterocycles. The molecule has 0 aromatic heterocycles. The van der Waals surface area contributed by atoms with Gasteiger partial charge < -0.3 is 5.32 Å². The van der Waals surface area contributed by atoms with Gasteiger partial charge in [0.05, 0.1) is 0 Å². The highest BCUT2D eigenvalue weighted by atomic mass is 14.9. The first kappa shape index (κ1) is 12.8. The van der Waals surface area contributed by atoms with Crippen LogP contribution in [0.25, 0.3) is 0 Å². The molecule has 0 fully saturated rings. The van der Waals surface area contributed by atoms with Crippen molar-refractivity contribution >= 4 is 0 Å². The number of hydrogen-bond donors (Lipinski definition) is 1. The summed E-state index contributed by atoms with van der Waals surface area (Å²) >= 11 is 0. The van der Waals surface area contributed by atoms with Crippen LogP contribution in [0.15, 0.2) is 60.7 Å². The zero-order valence-corrected chi connectivity index (χ0v) is 11.1. The summed E-state index contributed by atoms with van der Waals surface area (Å²) in [6.45, 7) is 4.46. The van der Waals surface area contributed by atoms with Crippen LogP contribution in [0.1, 0.15) is 31.0 Å². The summed E-state index contributed by atoms with van der Waals surface area (Å²) in [4.78, 5) is 0. The van der Waals surface area contributed by atoms with Crippen LogP contribution in [-0.4, -0.2) is 6.04 Å². The zero-order chi connectivity index (χ0) is 12.8. The van der Waals surface area contributed by atoms with Gasteiger partial charge in [-0.1, -0.05) is 60.7 Å². The average Bonchev–Trinajstić information content (AvgIpc) is 2.40. The second kappa shape index (κ2) is 6.36. The summed E-state index contributed by atoms with van der Waals surface area (Å²) in [5.41, 5.74) is 2.73. The lowest BCUT2D eigenvalue weighted by atomic mass is 10.0. The lowest BCUT2D eigenvalue weighted by molar-refractivity contribution is 0.477. The highest BCUT2D eigenvalue weighted by molar-refractivity contribution is 5.19. The van der Waals surface area contributed by atoms with Crippen molar-refractivity contribution in [3.63, 3.8) is 0 Å². The fourth-order valence-electron chi connectivity index (χ4n) is 2.29. The van der Waals surface area contributed by atoms with E-state index in [0.29, 0.717) is 12.1 Å². The molecule has 0 aliphatic rings. The maximum atomic E-state index is 3.64. The third kappa shape index (κ3) is 3.71. The quantitative estimate of drug-likeness (QED) is 0.832. The smallest absolute Gasteiger partial charge is 0.0294 e. The standard InChI is InChI=1S/C17H21N/c1-14(13-16-9-5-3-6-10-16)18-15(2)17-11-7-4-8-12-17/h3-12,14-15,18H,13H2,1-2H3/t14-,15-/m0/s1. The number of benzene rings is 2. The molecule has 0 saturated heterocycles. The van der Waals surface area contributed by atoms with Crippen molar-refractivity contribution in [2.75, 3.05) is 0 Å². The third-order valence-corrected chi connectivity index (χ3v) is 3.22. The van der Waals surface area contributed by atoms with E-state index in [1.807, 2.05) is 0 Å². The molecular formula is C17H21N. The number of hydrogen-bond acceptors (Lipinski definition) is 1. The van der Waals surface area contributed by atoms with E-state index in [1.165, 1.54) is 11.1 Å². The predicted molar refractivity (Wildman–Crippen MR) is 77.6 cm³/mol. The Balaban J connectivity index is 1.90. The normalized spacial score (nSPS) is 14.1. The molecule has 18 heavy (non-hydrogen) atoms. The molecule has 2 rings (SSSR count). The Kier molecular flexibility index (Phi) is 4.54. The summed E-state index contributed by atoms with van der Waals surface area (Å²) in [6, 6.07) is 22.1. The molecule has 94 valence electrons. The Bertz CT molecular complexity index is 450. The molecule has 1 nitrogen and oxygen atoms in total. The van der Waals surface area contributed by atoms with Gasteiger partial charge in [-0.3, -0.25) is 0 Å². The van der Waals surface area contributed by atoms with Crippen LogP contribution in [0.4, 0.5) is 0 Å². The Labute approximate surface area is 110 Å². The van der Waals surface area contributed by atoms with Crippen LogP contribution in [0.5, 0.6) is 0 Å². The highest BCUT2D eigenvalue weighted by Gasteiger charge is 2.09. The highest BCUT2D eigenvalue weighted by Crippen LogP contribution is 2.13. The van der Waals surface area contributed by atoms with E-state index in [2.05, 4.69) is 79.8 Å². The van der Waals surface area contributed by atoms with Crippen molar-refractivity contribution in [3.8, 4) is 0 Å². The minimum atomic E-state index is 0.393. The second-order valence-corrected chi connectivity index (χ2v) is 4.89. The van der Waals surface area contributed by atoms with Gasteiger partial charge >= 0.3 is 0 Å². The van der Waals surface area contributed by atoms with Crippen LogP contribution in [0.2, 0.25) is 0 Å². The van der Waals surface area contributed by atoms with Gasteiger partial charge in [-0.2, -0.15) is 0 Å². The predicted octanol–water partition coefficient (Wildman–Crippen LogP) is 3.97. The Morgan fingerprint density at radius 3 is 2.00 bits per heavy atom. The minimum Gasteiger partial charge on any atom is -0.307 e. The molecule has 0 unspecified atom stereocenters. The molecule has 2 atom stereocenters. The lowest BCUT2D eigenvalue weighted by Crippen LogP contribution is -2.30. The van der Waals surface area contributed by atoms with Gasteiger partial charge in [0, 0.05) is 12.1 Å². The molecule has 0 amide bonds. The van der Waals surface area contributed by atoms with E-state index >= 15 is 0 Å². The van der Waals surface area contributed by atoms with E-state index in [9.17, 15) is 0 Å². The van der Waals surface area contributed by atoms with Crippen LogP contribution in [-0.2, 0) is 6.42 Å². The summed E-state index contributed by atoms with van der Waals surface area (Å²) in [7, 11) is 0. The number of rotatable bonds is 5. The summed E-state index contributed by atoms with van der Waals surface area (Å²) in [6.07, 6.45) is 1.07. The monoisotopic (exact) mass is 239 g/mol. The van der Waals surface area contributed by atoms with Gasteiger partial charge in [-0.05, 0) is 31.4 Å². The maximum Gasteiger partial charge on any atom is 0.0294 e. The zero-order valence-electron chi connectivity index (χ0n) is 11.1. The molecule has 0 radical (unpaired) electrons. The van der Waals surface area contributed by atoms with Gasteiger partial charge in [0.15, 0.2) is 0 Å². The van der Waals surface area contributed by atoms with Crippen molar-refractivity contribution in [1.82, 2.24) is 5.32 Å². The Hall–Kier alpha value is -1.60. The largest absolute Gasteiger partial charge is 0.307 e. The van der Waals surface area contributed by atoms with E-state index < -0.39 is 0 Å². The van der Waals surface area contributed by atoms with Crippen LogP contribution in [0, 0.1) is 0 Å². The summed E-state index contributed by atoms with van der Waals surface area (Å²) in [5.74, 6) is 0. The fourth-order valence-corrected chi connectivity index (χ4v) is 2.29. The molecule has 0 bridgehead atoms. The van der Waals surface area contributed by atoms with Crippen LogP contribution in [0.3, 0.4) is 0 Å². The molecule has 1 N–H and O–H groups in total. The molecule has 0 aliphatic heterocycles. The first-order valence-corrected chi connectivity index (χ1v) is 6.60. The Morgan fingerprint density at radius 1 is 0.833 bits per heavy atom. The van der Waals surface area contributed by atoms with E-state index in [-0.39, 0.29) is 0 Å². The molecule has 0 aliphatic carbocycles. The van der Waals surface area contributed by atoms with Crippen molar-refractivity contribution in [2.24, 2.45) is 0 Å². The molecule has 1 heteroatoms. The first-order valence-electron chi connectivity index (χ1n) is 6.60. The first-order chi connectivity index (χ1) is 8.75. The average molecular weight is 239 g/mol. The van der Waals surface area contributed by atoms with Crippen molar-refractivity contribution in [2.45, 2.75) is 32.4 Å². The molecule has 2 aromatic rings. The van der Waals surface area contributed by atoms with Crippen molar-refractivity contribution in [3.05, 3.63) is 71.8 Å².